The van der Waals surface area contributed by atoms with Crippen LogP contribution in [-0.4, -0.2) is 9.13 Å². The van der Waals surface area contributed by atoms with Gasteiger partial charge in [0.1, 0.15) is 12.1 Å². The van der Waals surface area contributed by atoms with Crippen molar-refractivity contribution in [2.24, 2.45) is 0 Å². The third-order valence-electron chi connectivity index (χ3n) is 9.57. The van der Waals surface area contributed by atoms with E-state index in [2.05, 4.69) is 130 Å². The summed E-state index contributed by atoms with van der Waals surface area (Å²) in [7, 11) is 0. The number of rotatable bonds is 2. The molecule has 216 valence electrons. The van der Waals surface area contributed by atoms with Crippen molar-refractivity contribution in [1.29, 1.82) is 10.5 Å². The summed E-state index contributed by atoms with van der Waals surface area (Å²) in [5.74, 6) is 0. The molecular formula is C42H22N4S. The summed E-state index contributed by atoms with van der Waals surface area (Å²) < 4.78 is 6.75. The van der Waals surface area contributed by atoms with Crippen molar-refractivity contribution in [2.45, 2.75) is 0 Å². The minimum absolute atomic E-state index is 0.503. The maximum atomic E-state index is 10.7. The van der Waals surface area contributed by atoms with Gasteiger partial charge in [-0.05, 0) is 59.3 Å². The van der Waals surface area contributed by atoms with E-state index >= 15 is 0 Å². The second-order valence-electron chi connectivity index (χ2n) is 12.0. The fraction of sp³-hybridized carbons (Fsp3) is 0. The molecule has 7 aromatic carbocycles. The Balaban J connectivity index is 1.30. The first-order chi connectivity index (χ1) is 23.2. The fourth-order valence-corrected chi connectivity index (χ4v) is 8.69. The zero-order valence-electron chi connectivity index (χ0n) is 24.9. The summed E-state index contributed by atoms with van der Waals surface area (Å²) in [6.45, 7) is 0. The topological polar surface area (TPSA) is 57.4 Å². The third-order valence-corrected chi connectivity index (χ3v) is 10.7. The first kappa shape index (κ1) is 25.9. The van der Waals surface area contributed by atoms with Gasteiger partial charge in [0.05, 0.1) is 44.6 Å². The van der Waals surface area contributed by atoms with Crippen molar-refractivity contribution in [2.75, 3.05) is 0 Å². The molecule has 0 aliphatic rings. The van der Waals surface area contributed by atoms with Crippen LogP contribution < -0.4 is 0 Å². The molecule has 3 heterocycles. The predicted octanol–water partition coefficient (Wildman–Crippen LogP) is 11.1. The Labute approximate surface area is 272 Å². The molecule has 0 unspecified atom stereocenters. The number of thiophene rings is 1. The highest BCUT2D eigenvalue weighted by atomic mass is 32.1. The van der Waals surface area contributed by atoms with Crippen molar-refractivity contribution < 1.29 is 0 Å². The molecule has 5 heteroatoms. The van der Waals surface area contributed by atoms with Crippen LogP contribution in [0.1, 0.15) is 11.1 Å². The first-order valence-corrected chi connectivity index (χ1v) is 16.3. The zero-order chi connectivity index (χ0) is 31.2. The van der Waals surface area contributed by atoms with E-state index in [1.807, 2.05) is 24.3 Å². The molecule has 0 radical (unpaired) electrons. The number of hydrogen-bond acceptors (Lipinski definition) is 3. The van der Waals surface area contributed by atoms with Crippen LogP contribution in [0.4, 0.5) is 0 Å². The highest BCUT2D eigenvalue weighted by Crippen LogP contribution is 2.42. The van der Waals surface area contributed by atoms with Crippen LogP contribution >= 0.6 is 11.3 Å². The van der Waals surface area contributed by atoms with Gasteiger partial charge in [-0.1, -0.05) is 84.9 Å². The number of nitriles is 2. The molecule has 0 aliphatic heterocycles. The summed E-state index contributed by atoms with van der Waals surface area (Å²) in [6, 6.07) is 51.2. The van der Waals surface area contributed by atoms with Crippen molar-refractivity contribution in [3.63, 3.8) is 0 Å². The maximum Gasteiger partial charge on any atom is 0.101 e. The fourth-order valence-electron chi connectivity index (χ4n) is 7.57. The first-order valence-electron chi connectivity index (χ1n) is 15.5. The van der Waals surface area contributed by atoms with E-state index in [1.165, 1.54) is 20.2 Å². The second-order valence-corrected chi connectivity index (χ2v) is 13.0. The van der Waals surface area contributed by atoms with Gasteiger partial charge in [-0.25, -0.2) is 0 Å². The van der Waals surface area contributed by atoms with Gasteiger partial charge < -0.3 is 9.13 Å². The Morgan fingerprint density at radius 3 is 1.77 bits per heavy atom. The van der Waals surface area contributed by atoms with E-state index in [0.29, 0.717) is 22.5 Å². The minimum Gasteiger partial charge on any atom is -0.308 e. The summed E-state index contributed by atoms with van der Waals surface area (Å²) in [5, 5.41) is 30.7. The molecule has 0 N–H and O–H groups in total. The number of nitrogens with zero attached hydrogens (tertiary/aromatic N) is 4. The van der Waals surface area contributed by atoms with E-state index in [-0.39, 0.29) is 0 Å². The Bertz CT molecular complexity index is 3050. The molecular weight excluding hydrogens is 593 g/mol. The van der Waals surface area contributed by atoms with Crippen LogP contribution in [0.5, 0.6) is 0 Å². The lowest BCUT2D eigenvalue weighted by molar-refractivity contribution is 1.12. The molecule has 10 rings (SSSR count). The second kappa shape index (κ2) is 9.55. The monoisotopic (exact) mass is 614 g/mol. The van der Waals surface area contributed by atoms with Crippen LogP contribution in [0.15, 0.2) is 133 Å². The molecule has 0 saturated carbocycles. The SMILES string of the molecule is N#Cc1cc(-n2c3ccccc3c3c4ccccc4ccc32)c(C#N)cc1-n1c2ccccc2c2cc3c(cc21)sc1ccccc13. The van der Waals surface area contributed by atoms with Gasteiger partial charge in [-0.3, -0.25) is 0 Å². The Hall–Kier alpha value is -6.40. The molecule has 0 amide bonds. The highest BCUT2D eigenvalue weighted by Gasteiger charge is 2.22. The normalized spacial score (nSPS) is 11.8. The lowest BCUT2D eigenvalue weighted by Crippen LogP contribution is -2.04. The van der Waals surface area contributed by atoms with Gasteiger partial charge >= 0.3 is 0 Å². The van der Waals surface area contributed by atoms with E-state index in [4.69, 9.17) is 0 Å². The maximum absolute atomic E-state index is 10.7. The molecule has 0 bridgehead atoms. The van der Waals surface area contributed by atoms with Crippen LogP contribution in [0.3, 0.4) is 0 Å². The van der Waals surface area contributed by atoms with Gasteiger partial charge in [0, 0.05) is 41.7 Å². The smallest absolute Gasteiger partial charge is 0.101 e. The predicted molar refractivity (Wildman–Crippen MR) is 195 cm³/mol. The molecule has 4 nitrogen and oxygen atoms in total. The van der Waals surface area contributed by atoms with E-state index in [9.17, 15) is 10.5 Å². The molecule has 0 fully saturated rings. The van der Waals surface area contributed by atoms with Crippen molar-refractivity contribution in [3.05, 3.63) is 145 Å². The Morgan fingerprint density at radius 1 is 0.426 bits per heavy atom. The number of para-hydroxylation sites is 2. The molecule has 0 atom stereocenters. The van der Waals surface area contributed by atoms with E-state index < -0.39 is 0 Å². The minimum atomic E-state index is 0.503. The quantitative estimate of drug-likeness (QED) is 0.194. The van der Waals surface area contributed by atoms with Crippen LogP contribution in [0.25, 0.3) is 85.9 Å². The number of aromatic nitrogens is 2. The van der Waals surface area contributed by atoms with Crippen molar-refractivity contribution >= 4 is 85.9 Å². The van der Waals surface area contributed by atoms with Gasteiger partial charge in [0.15, 0.2) is 0 Å². The van der Waals surface area contributed by atoms with Crippen LogP contribution in [0.2, 0.25) is 0 Å². The van der Waals surface area contributed by atoms with Gasteiger partial charge in [0.2, 0.25) is 0 Å². The summed E-state index contributed by atoms with van der Waals surface area (Å²) in [4.78, 5) is 0. The Morgan fingerprint density at radius 2 is 1.02 bits per heavy atom. The molecule has 0 aliphatic carbocycles. The van der Waals surface area contributed by atoms with E-state index in [0.717, 1.165) is 54.4 Å². The molecule has 0 saturated heterocycles. The third kappa shape index (κ3) is 3.49. The summed E-state index contributed by atoms with van der Waals surface area (Å²) in [6.07, 6.45) is 0. The number of fused-ring (bicyclic) bond motifs is 11. The molecule has 47 heavy (non-hydrogen) atoms. The molecule has 0 spiro atoms. The standard InChI is InChI=1S/C42H22N4S/c43-23-26-20-38(46-34-14-6-3-11-29(34)32-21-33-30-12-5-8-16-40(30)47-41(33)22-39(32)46)27(24-44)19-37(26)45-35-15-7-4-13-31(35)42-28-10-2-1-9-25(28)17-18-36(42)45/h1-22H. The van der Waals surface area contributed by atoms with Gasteiger partial charge in [-0.15, -0.1) is 11.3 Å². The summed E-state index contributed by atoms with van der Waals surface area (Å²) in [5.41, 5.74) is 6.42. The lowest BCUT2D eigenvalue weighted by atomic mass is 10.0. The molecule has 3 aromatic heterocycles. The Kier molecular flexibility index (Phi) is 5.26. The average Bonchev–Trinajstić information content (AvgIpc) is 3.77. The largest absolute Gasteiger partial charge is 0.308 e. The number of hydrogen-bond donors (Lipinski definition) is 0. The van der Waals surface area contributed by atoms with Gasteiger partial charge in [-0.2, -0.15) is 10.5 Å². The van der Waals surface area contributed by atoms with Crippen molar-refractivity contribution in [3.8, 4) is 23.5 Å². The van der Waals surface area contributed by atoms with Crippen LogP contribution in [-0.2, 0) is 0 Å². The van der Waals surface area contributed by atoms with E-state index in [1.54, 1.807) is 11.3 Å². The molecule has 10 aromatic rings. The lowest BCUT2D eigenvalue weighted by Gasteiger charge is -2.15. The average molecular weight is 615 g/mol. The van der Waals surface area contributed by atoms with Gasteiger partial charge in [0.25, 0.3) is 0 Å². The van der Waals surface area contributed by atoms with Crippen LogP contribution in [0, 0.1) is 22.7 Å². The highest BCUT2D eigenvalue weighted by molar-refractivity contribution is 7.25. The number of benzene rings is 7. The van der Waals surface area contributed by atoms with Crippen molar-refractivity contribution in [1.82, 2.24) is 9.13 Å². The summed E-state index contributed by atoms with van der Waals surface area (Å²) >= 11 is 1.78. The zero-order valence-corrected chi connectivity index (χ0v) is 25.7.